The molecule has 11 nitrogen and oxygen atoms in total. The normalized spacial score (nSPS) is 17.5. The highest BCUT2D eigenvalue weighted by atomic mass is 19.4. The fraction of sp³-hybridized carbons (Fsp3) is 0.375. The molecule has 0 aliphatic carbocycles. The number of piperidine rings is 1. The number of fused-ring (bicyclic) bond motifs is 1. The number of rotatable bonds is 9. The largest absolute Gasteiger partial charge is 0.474 e. The summed E-state index contributed by atoms with van der Waals surface area (Å²) in [6, 6.07) is 13.4. The van der Waals surface area contributed by atoms with Crippen LogP contribution in [0.25, 0.3) is 22.6 Å². The first-order valence-corrected chi connectivity index (χ1v) is 15.2. The number of benzene rings is 1. The van der Waals surface area contributed by atoms with Gasteiger partial charge >= 0.3 is 6.18 Å². The van der Waals surface area contributed by atoms with Crippen molar-refractivity contribution < 1.29 is 27.0 Å². The monoisotopic (exact) mass is 647 g/mol. The van der Waals surface area contributed by atoms with Crippen LogP contribution in [0, 0.1) is 17.1 Å². The van der Waals surface area contributed by atoms with Crippen LogP contribution in [-0.2, 0) is 30.4 Å². The summed E-state index contributed by atoms with van der Waals surface area (Å²) in [6.45, 7) is 3.38. The first-order valence-electron chi connectivity index (χ1n) is 15.2. The number of H-pyrrole nitrogens is 1. The van der Waals surface area contributed by atoms with Crippen molar-refractivity contribution in [2.75, 3.05) is 19.7 Å². The molecule has 0 bridgehead atoms. The Morgan fingerprint density at radius 2 is 1.89 bits per heavy atom. The number of halogens is 4. The van der Waals surface area contributed by atoms with E-state index >= 15 is 0 Å². The number of nitrogens with zero attached hydrogens (tertiary/aromatic N) is 8. The molecule has 2 saturated heterocycles. The molecule has 15 heteroatoms. The minimum atomic E-state index is -4.64. The molecule has 5 aromatic rings. The van der Waals surface area contributed by atoms with Crippen LogP contribution >= 0.6 is 0 Å². The lowest BCUT2D eigenvalue weighted by Gasteiger charge is -2.32. The average molecular weight is 648 g/mol. The molecule has 1 atom stereocenters. The van der Waals surface area contributed by atoms with E-state index in [1.165, 1.54) is 6.07 Å². The summed E-state index contributed by atoms with van der Waals surface area (Å²) in [7, 11) is 0. The summed E-state index contributed by atoms with van der Waals surface area (Å²) in [6.07, 6.45) is -0.283. The van der Waals surface area contributed by atoms with Crippen LogP contribution in [-0.4, -0.2) is 71.5 Å². The van der Waals surface area contributed by atoms with Crippen LogP contribution in [0.2, 0.25) is 0 Å². The zero-order valence-electron chi connectivity index (χ0n) is 25.0. The van der Waals surface area contributed by atoms with Crippen molar-refractivity contribution >= 4 is 11.0 Å². The minimum absolute atomic E-state index is 0.0439. The molecule has 0 spiro atoms. The van der Waals surface area contributed by atoms with Gasteiger partial charge in [-0.05, 0) is 49.1 Å². The molecular weight excluding hydrogens is 618 g/mol. The summed E-state index contributed by atoms with van der Waals surface area (Å²) in [5, 5.41) is 14.6. The van der Waals surface area contributed by atoms with Gasteiger partial charge in [-0.1, -0.05) is 12.1 Å². The Morgan fingerprint density at radius 1 is 1.06 bits per heavy atom. The van der Waals surface area contributed by atoms with Gasteiger partial charge in [-0.2, -0.15) is 23.5 Å². The Balaban J connectivity index is 1.01. The maximum Gasteiger partial charge on any atom is 0.451 e. The predicted octanol–water partition coefficient (Wildman–Crippen LogP) is 5.06. The predicted molar refractivity (Wildman–Crippen MR) is 159 cm³/mol. The molecule has 2 aliphatic heterocycles. The molecule has 6 heterocycles. The number of alkyl halides is 3. The standard InChI is InChI=1S/C32H29F4N9O2/c33-24-12-19(15-37)4-5-20(24)13-21-2-1-3-29(39-21)47-22-6-9-44(10-7-22)18-28-40-25-14-26(30-41-31(43-42-30)32(34,35)36)38-16-27(25)45(28)17-23-8-11-46-23/h1-5,12,14,16,22-23H,6-11,13,17-18H2,(H,41,42,43). The maximum atomic E-state index is 14.4. The molecule has 7 rings (SSSR count). The quantitative estimate of drug-likeness (QED) is 0.218. The van der Waals surface area contributed by atoms with Gasteiger partial charge in [0.1, 0.15) is 23.4 Å². The third kappa shape index (κ3) is 6.79. The smallest absolute Gasteiger partial charge is 0.451 e. The van der Waals surface area contributed by atoms with Crippen LogP contribution in [0.3, 0.4) is 0 Å². The number of hydrogen-bond acceptors (Lipinski definition) is 9. The summed E-state index contributed by atoms with van der Waals surface area (Å²) >= 11 is 0. The van der Waals surface area contributed by atoms with Gasteiger partial charge < -0.3 is 14.0 Å². The molecule has 47 heavy (non-hydrogen) atoms. The second-order valence-corrected chi connectivity index (χ2v) is 11.6. The molecule has 0 saturated carbocycles. The average Bonchev–Trinajstić information content (AvgIpc) is 3.66. The van der Waals surface area contributed by atoms with Gasteiger partial charge in [0.15, 0.2) is 5.82 Å². The number of ether oxygens (including phenoxy) is 2. The summed E-state index contributed by atoms with van der Waals surface area (Å²) in [4.78, 5) is 19.7. The maximum absolute atomic E-state index is 14.4. The van der Waals surface area contributed by atoms with Crippen molar-refractivity contribution in [1.82, 2.24) is 39.6 Å². The van der Waals surface area contributed by atoms with Crippen LogP contribution < -0.4 is 4.74 Å². The fourth-order valence-corrected chi connectivity index (χ4v) is 5.79. The number of imidazole rings is 1. The van der Waals surface area contributed by atoms with Crippen LogP contribution in [0.5, 0.6) is 5.88 Å². The lowest BCUT2D eigenvalue weighted by atomic mass is 10.1. The highest BCUT2D eigenvalue weighted by Gasteiger charge is 2.35. The Morgan fingerprint density at radius 3 is 2.60 bits per heavy atom. The van der Waals surface area contributed by atoms with Crippen molar-refractivity contribution in [2.45, 2.75) is 57.2 Å². The summed E-state index contributed by atoms with van der Waals surface area (Å²) in [5.41, 5.74) is 2.94. The molecule has 0 radical (unpaired) electrons. The van der Waals surface area contributed by atoms with Crippen molar-refractivity contribution in [3.05, 3.63) is 82.9 Å². The van der Waals surface area contributed by atoms with Gasteiger partial charge in [-0.15, -0.1) is 0 Å². The van der Waals surface area contributed by atoms with Gasteiger partial charge in [-0.3, -0.25) is 15.0 Å². The lowest BCUT2D eigenvalue weighted by molar-refractivity contribution is -0.144. The second-order valence-electron chi connectivity index (χ2n) is 11.6. The third-order valence-corrected chi connectivity index (χ3v) is 8.40. The number of likely N-dealkylation sites (tertiary alicyclic amines) is 1. The van der Waals surface area contributed by atoms with Crippen LogP contribution in [0.15, 0.2) is 48.7 Å². The van der Waals surface area contributed by atoms with Crippen molar-refractivity contribution in [3.8, 4) is 23.5 Å². The van der Waals surface area contributed by atoms with Gasteiger partial charge in [-0.25, -0.2) is 19.3 Å². The second kappa shape index (κ2) is 12.7. The first-order chi connectivity index (χ1) is 22.7. The van der Waals surface area contributed by atoms with Crippen LogP contribution in [0.4, 0.5) is 17.6 Å². The Kier molecular flexibility index (Phi) is 8.29. The van der Waals surface area contributed by atoms with Crippen molar-refractivity contribution in [2.24, 2.45) is 0 Å². The van der Waals surface area contributed by atoms with E-state index in [0.717, 1.165) is 43.7 Å². The number of aromatic amines is 1. The van der Waals surface area contributed by atoms with E-state index in [-0.39, 0.29) is 35.7 Å². The summed E-state index contributed by atoms with van der Waals surface area (Å²) < 4.78 is 67.5. The molecule has 0 amide bonds. The Labute approximate surface area is 266 Å². The van der Waals surface area contributed by atoms with Gasteiger partial charge in [0.05, 0.1) is 48.1 Å². The topological polar surface area (TPSA) is 131 Å². The highest BCUT2D eigenvalue weighted by molar-refractivity contribution is 5.78. The number of hydrogen-bond donors (Lipinski definition) is 1. The molecule has 1 aromatic carbocycles. The van der Waals surface area contributed by atoms with E-state index in [1.54, 1.807) is 30.5 Å². The number of nitriles is 1. The van der Waals surface area contributed by atoms with E-state index in [9.17, 15) is 17.6 Å². The number of aromatic nitrogens is 7. The molecule has 4 aromatic heterocycles. The fourth-order valence-electron chi connectivity index (χ4n) is 5.79. The zero-order chi connectivity index (χ0) is 32.5. The zero-order valence-corrected chi connectivity index (χ0v) is 25.0. The van der Waals surface area contributed by atoms with Gasteiger partial charge in [0.25, 0.3) is 0 Å². The van der Waals surface area contributed by atoms with Gasteiger partial charge in [0.2, 0.25) is 11.7 Å². The molecule has 1 N–H and O–H groups in total. The SMILES string of the molecule is N#Cc1ccc(Cc2cccc(OC3CCN(Cc4nc5cc(-c6n[nH]c(C(F)(F)F)n6)ncc5n4CC4CCO4)CC3)n2)c(F)c1. The Hall–Kier alpha value is -4.94. The minimum Gasteiger partial charge on any atom is -0.474 e. The van der Waals surface area contributed by atoms with E-state index in [1.807, 2.05) is 23.3 Å². The third-order valence-electron chi connectivity index (χ3n) is 8.40. The van der Waals surface area contributed by atoms with E-state index < -0.39 is 17.8 Å². The number of pyridine rings is 2. The van der Waals surface area contributed by atoms with E-state index in [0.29, 0.717) is 42.4 Å². The first kappa shape index (κ1) is 30.7. The summed E-state index contributed by atoms with van der Waals surface area (Å²) in [5.74, 6) is -0.485. The molecule has 242 valence electrons. The van der Waals surface area contributed by atoms with Crippen LogP contribution in [0.1, 0.15) is 47.7 Å². The Bertz CT molecular complexity index is 1940. The van der Waals surface area contributed by atoms with E-state index in [2.05, 4.69) is 29.5 Å². The lowest BCUT2D eigenvalue weighted by Crippen LogP contribution is -2.39. The molecule has 2 aliphatic rings. The van der Waals surface area contributed by atoms with Gasteiger partial charge in [0, 0.05) is 37.9 Å². The molecule has 1 unspecified atom stereocenters. The van der Waals surface area contributed by atoms with E-state index in [4.69, 9.17) is 19.7 Å². The molecular formula is C32H29F4N9O2. The molecule has 2 fully saturated rings. The van der Waals surface area contributed by atoms with Crippen molar-refractivity contribution in [3.63, 3.8) is 0 Å². The highest BCUT2D eigenvalue weighted by Crippen LogP contribution is 2.29. The number of nitrogens with one attached hydrogen (secondary N) is 1. The van der Waals surface area contributed by atoms with Crippen molar-refractivity contribution in [1.29, 1.82) is 5.26 Å².